The number of phenolic OH excluding ortho intramolecular Hbond substituents is 1. The fraction of sp³-hybridized carbons (Fsp3) is 0.450. The molecule has 1 saturated heterocycles. The van der Waals surface area contributed by atoms with Gasteiger partial charge in [0.1, 0.15) is 5.75 Å². The van der Waals surface area contributed by atoms with E-state index in [2.05, 4.69) is 27.3 Å². The Bertz CT molecular complexity index is 867. The molecule has 0 radical (unpaired) electrons. The smallest absolute Gasteiger partial charge is 0.155 e. The SMILES string of the molecule is Cc1c(-c2ccc(C#N)cc2O)nnc2c1CCCN2C1CCCNC1. The Hall–Kier alpha value is -2.65. The molecule has 0 aliphatic carbocycles. The van der Waals surface area contributed by atoms with Crippen molar-refractivity contribution in [3.8, 4) is 23.1 Å². The van der Waals surface area contributed by atoms with Crippen LogP contribution in [0, 0.1) is 18.3 Å². The molecule has 2 aliphatic heterocycles. The number of nitriles is 1. The van der Waals surface area contributed by atoms with Crippen molar-refractivity contribution in [3.63, 3.8) is 0 Å². The van der Waals surface area contributed by atoms with Gasteiger partial charge in [0.25, 0.3) is 0 Å². The van der Waals surface area contributed by atoms with E-state index < -0.39 is 0 Å². The molecule has 0 saturated carbocycles. The van der Waals surface area contributed by atoms with Crippen LogP contribution in [0.4, 0.5) is 5.82 Å². The summed E-state index contributed by atoms with van der Waals surface area (Å²) in [7, 11) is 0. The number of aromatic hydroxyl groups is 1. The van der Waals surface area contributed by atoms with Gasteiger partial charge in [0, 0.05) is 30.3 Å². The summed E-state index contributed by atoms with van der Waals surface area (Å²) < 4.78 is 0. The molecule has 134 valence electrons. The van der Waals surface area contributed by atoms with Crippen LogP contribution in [0.15, 0.2) is 18.2 Å². The lowest BCUT2D eigenvalue weighted by molar-refractivity contribution is 0.420. The van der Waals surface area contributed by atoms with Gasteiger partial charge >= 0.3 is 0 Å². The molecule has 1 aromatic carbocycles. The third-order valence-electron chi connectivity index (χ3n) is 5.51. The van der Waals surface area contributed by atoms with Crippen LogP contribution < -0.4 is 10.2 Å². The molecule has 3 heterocycles. The van der Waals surface area contributed by atoms with E-state index in [1.54, 1.807) is 12.1 Å². The molecule has 4 rings (SSSR count). The molecule has 1 unspecified atom stereocenters. The Morgan fingerprint density at radius 2 is 2.19 bits per heavy atom. The molecule has 6 heteroatoms. The van der Waals surface area contributed by atoms with Crippen molar-refractivity contribution >= 4 is 5.82 Å². The number of rotatable bonds is 2. The Balaban J connectivity index is 1.73. The Labute approximate surface area is 153 Å². The molecule has 0 spiro atoms. The zero-order valence-corrected chi connectivity index (χ0v) is 15.0. The van der Waals surface area contributed by atoms with E-state index in [0.29, 0.717) is 22.9 Å². The zero-order chi connectivity index (χ0) is 18.1. The van der Waals surface area contributed by atoms with Gasteiger partial charge in [-0.2, -0.15) is 5.26 Å². The third-order valence-corrected chi connectivity index (χ3v) is 5.51. The molecular weight excluding hydrogens is 326 g/mol. The van der Waals surface area contributed by atoms with Crippen LogP contribution in [0.25, 0.3) is 11.3 Å². The lowest BCUT2D eigenvalue weighted by Crippen LogP contribution is -2.48. The summed E-state index contributed by atoms with van der Waals surface area (Å²) in [6, 6.07) is 7.46. The topological polar surface area (TPSA) is 85.1 Å². The highest BCUT2D eigenvalue weighted by Crippen LogP contribution is 2.36. The second-order valence-electron chi connectivity index (χ2n) is 7.12. The van der Waals surface area contributed by atoms with Crippen LogP contribution in [0.1, 0.15) is 36.0 Å². The van der Waals surface area contributed by atoms with Crippen molar-refractivity contribution in [1.82, 2.24) is 15.5 Å². The van der Waals surface area contributed by atoms with E-state index in [1.807, 2.05) is 6.07 Å². The molecule has 26 heavy (non-hydrogen) atoms. The van der Waals surface area contributed by atoms with E-state index >= 15 is 0 Å². The van der Waals surface area contributed by atoms with Crippen molar-refractivity contribution < 1.29 is 5.11 Å². The highest BCUT2D eigenvalue weighted by Gasteiger charge is 2.29. The van der Waals surface area contributed by atoms with E-state index in [-0.39, 0.29) is 5.75 Å². The van der Waals surface area contributed by atoms with Gasteiger partial charge in [-0.3, -0.25) is 0 Å². The van der Waals surface area contributed by atoms with Gasteiger partial charge in [-0.05, 0) is 62.9 Å². The fourth-order valence-corrected chi connectivity index (χ4v) is 4.12. The molecule has 2 aliphatic rings. The third kappa shape index (κ3) is 2.89. The molecule has 1 atom stereocenters. The van der Waals surface area contributed by atoms with Gasteiger partial charge in [0.05, 0.1) is 17.3 Å². The van der Waals surface area contributed by atoms with Crippen molar-refractivity contribution in [1.29, 1.82) is 5.26 Å². The predicted molar refractivity (Wildman–Crippen MR) is 100 cm³/mol. The maximum atomic E-state index is 10.3. The predicted octanol–water partition coefficient (Wildman–Crippen LogP) is 2.53. The van der Waals surface area contributed by atoms with Gasteiger partial charge in [-0.1, -0.05) is 0 Å². The molecule has 6 nitrogen and oxygen atoms in total. The number of hydrogen-bond donors (Lipinski definition) is 2. The average Bonchev–Trinajstić information content (AvgIpc) is 2.69. The lowest BCUT2D eigenvalue weighted by atomic mass is 9.94. The summed E-state index contributed by atoms with van der Waals surface area (Å²) in [6.07, 6.45) is 4.47. The van der Waals surface area contributed by atoms with E-state index in [0.717, 1.165) is 43.9 Å². The van der Waals surface area contributed by atoms with Crippen LogP contribution in [-0.2, 0) is 6.42 Å². The standard InChI is InChI=1S/C20H23N5O/c1-13-16-5-3-9-25(15-4-2-8-22-12-15)20(16)24-23-19(13)17-7-6-14(11-21)10-18(17)26/h6-7,10,15,22,26H,2-5,8-9,12H2,1H3. The summed E-state index contributed by atoms with van der Waals surface area (Å²) in [4.78, 5) is 2.41. The van der Waals surface area contributed by atoms with E-state index in [9.17, 15) is 5.11 Å². The molecule has 2 aromatic rings. The number of nitrogens with one attached hydrogen (secondary N) is 1. The minimum absolute atomic E-state index is 0.0746. The maximum absolute atomic E-state index is 10.3. The number of hydrogen-bond acceptors (Lipinski definition) is 6. The second kappa shape index (κ2) is 6.93. The summed E-state index contributed by atoms with van der Waals surface area (Å²) in [6.45, 7) is 5.18. The zero-order valence-electron chi connectivity index (χ0n) is 15.0. The van der Waals surface area contributed by atoms with Crippen molar-refractivity contribution in [2.24, 2.45) is 0 Å². The van der Waals surface area contributed by atoms with Gasteiger partial charge < -0.3 is 15.3 Å². The number of fused-ring (bicyclic) bond motifs is 1. The summed E-state index contributed by atoms with van der Waals surface area (Å²) in [5, 5.41) is 31.8. The van der Waals surface area contributed by atoms with Gasteiger partial charge in [-0.25, -0.2) is 0 Å². The normalized spacial score (nSPS) is 19.7. The van der Waals surface area contributed by atoms with Gasteiger partial charge in [0.2, 0.25) is 0 Å². The molecule has 0 amide bonds. The largest absolute Gasteiger partial charge is 0.507 e. The molecule has 0 bridgehead atoms. The van der Waals surface area contributed by atoms with Crippen molar-refractivity contribution in [2.75, 3.05) is 24.5 Å². The van der Waals surface area contributed by atoms with Crippen LogP contribution in [-0.4, -0.2) is 41.0 Å². The highest BCUT2D eigenvalue weighted by molar-refractivity contribution is 5.73. The van der Waals surface area contributed by atoms with Crippen molar-refractivity contribution in [2.45, 2.75) is 38.6 Å². The lowest BCUT2D eigenvalue weighted by Gasteiger charge is -2.39. The first-order chi connectivity index (χ1) is 12.7. The van der Waals surface area contributed by atoms with Crippen LogP contribution in [0.2, 0.25) is 0 Å². The number of piperidine rings is 1. The summed E-state index contributed by atoms with van der Waals surface area (Å²) >= 11 is 0. The molecular formula is C20H23N5O. The number of benzene rings is 1. The number of nitrogens with zero attached hydrogens (tertiary/aromatic N) is 4. The first kappa shape index (κ1) is 16.8. The highest BCUT2D eigenvalue weighted by atomic mass is 16.3. The number of phenols is 1. The second-order valence-corrected chi connectivity index (χ2v) is 7.12. The van der Waals surface area contributed by atoms with Gasteiger partial charge in [-0.15, -0.1) is 10.2 Å². The Morgan fingerprint density at radius 1 is 1.31 bits per heavy atom. The van der Waals surface area contributed by atoms with Crippen LogP contribution >= 0.6 is 0 Å². The summed E-state index contributed by atoms with van der Waals surface area (Å²) in [5.74, 6) is 1.07. The van der Waals surface area contributed by atoms with E-state index in [4.69, 9.17) is 5.26 Å². The average molecular weight is 349 g/mol. The fourth-order valence-electron chi connectivity index (χ4n) is 4.12. The minimum Gasteiger partial charge on any atom is -0.507 e. The quantitative estimate of drug-likeness (QED) is 0.867. The number of anilines is 1. The first-order valence-corrected chi connectivity index (χ1v) is 9.26. The molecule has 1 aromatic heterocycles. The maximum Gasteiger partial charge on any atom is 0.155 e. The molecule has 1 fully saturated rings. The molecule has 2 N–H and O–H groups in total. The minimum atomic E-state index is 0.0746. The van der Waals surface area contributed by atoms with Crippen LogP contribution in [0.3, 0.4) is 0 Å². The van der Waals surface area contributed by atoms with Gasteiger partial charge in [0.15, 0.2) is 5.82 Å². The van der Waals surface area contributed by atoms with Crippen molar-refractivity contribution in [3.05, 3.63) is 34.9 Å². The first-order valence-electron chi connectivity index (χ1n) is 9.26. The van der Waals surface area contributed by atoms with Crippen LogP contribution in [0.5, 0.6) is 5.75 Å². The summed E-state index contributed by atoms with van der Waals surface area (Å²) in [5.41, 5.74) is 4.08. The number of aromatic nitrogens is 2. The van der Waals surface area contributed by atoms with E-state index in [1.165, 1.54) is 24.5 Å². The Kier molecular flexibility index (Phi) is 4.48. The Morgan fingerprint density at radius 3 is 2.92 bits per heavy atom. The monoisotopic (exact) mass is 349 g/mol.